The fraction of sp³-hybridized carbons (Fsp3) is 0.588. The number of benzene rings is 1. The number of amides is 1. The topological polar surface area (TPSA) is 58.4 Å². The van der Waals surface area contributed by atoms with Gasteiger partial charge in [-0.25, -0.2) is 0 Å². The van der Waals surface area contributed by atoms with Gasteiger partial charge >= 0.3 is 0 Å². The van der Waals surface area contributed by atoms with Crippen molar-refractivity contribution in [3.63, 3.8) is 0 Å². The van der Waals surface area contributed by atoms with E-state index in [-0.39, 0.29) is 5.91 Å². The lowest BCUT2D eigenvalue weighted by atomic mass is 10.0. The van der Waals surface area contributed by atoms with Crippen molar-refractivity contribution < 1.29 is 4.79 Å². The van der Waals surface area contributed by atoms with Gasteiger partial charge in [-0.3, -0.25) is 9.69 Å². The van der Waals surface area contributed by atoms with Crippen LogP contribution in [0.5, 0.6) is 0 Å². The molecule has 1 aromatic carbocycles. The zero-order valence-corrected chi connectivity index (χ0v) is 13.1. The van der Waals surface area contributed by atoms with E-state index in [0.29, 0.717) is 12.3 Å². The highest BCUT2D eigenvalue weighted by Gasteiger charge is 2.16. The van der Waals surface area contributed by atoms with Crippen LogP contribution in [0, 0.1) is 5.92 Å². The molecule has 0 spiro atoms. The van der Waals surface area contributed by atoms with E-state index in [2.05, 4.69) is 36.2 Å². The molecule has 1 aliphatic heterocycles. The fourth-order valence-electron chi connectivity index (χ4n) is 2.80. The van der Waals surface area contributed by atoms with Crippen molar-refractivity contribution in [1.82, 2.24) is 4.90 Å². The van der Waals surface area contributed by atoms with Crippen molar-refractivity contribution in [3.8, 4) is 0 Å². The maximum absolute atomic E-state index is 12.1. The van der Waals surface area contributed by atoms with Crippen LogP contribution in [0.2, 0.25) is 0 Å². The molecule has 0 radical (unpaired) electrons. The molecule has 0 saturated carbocycles. The van der Waals surface area contributed by atoms with E-state index in [0.717, 1.165) is 12.2 Å². The molecule has 4 heteroatoms. The summed E-state index contributed by atoms with van der Waals surface area (Å²) in [5.74, 6) is 0.328. The van der Waals surface area contributed by atoms with Gasteiger partial charge in [0.05, 0.1) is 6.04 Å². The Bertz CT molecular complexity index is 467. The highest BCUT2D eigenvalue weighted by atomic mass is 16.2. The van der Waals surface area contributed by atoms with Crippen LogP contribution >= 0.6 is 0 Å². The van der Waals surface area contributed by atoms with Crippen LogP contribution in [-0.4, -0.2) is 29.9 Å². The summed E-state index contributed by atoms with van der Waals surface area (Å²) in [6, 6.07) is 7.65. The first kappa shape index (κ1) is 16.0. The number of carbonyl (C=O) groups excluding carboxylic acids is 1. The average molecular weight is 289 g/mol. The van der Waals surface area contributed by atoms with Gasteiger partial charge < -0.3 is 11.1 Å². The average Bonchev–Trinajstić information content (AvgIpc) is 2.91. The van der Waals surface area contributed by atoms with Gasteiger partial charge in [-0.15, -0.1) is 0 Å². The molecule has 1 fully saturated rings. The second-order valence-electron chi connectivity index (χ2n) is 6.41. The molecule has 1 unspecified atom stereocenters. The molecule has 0 aliphatic carbocycles. The summed E-state index contributed by atoms with van der Waals surface area (Å²) in [4.78, 5) is 14.5. The first-order chi connectivity index (χ1) is 10.0. The summed E-state index contributed by atoms with van der Waals surface area (Å²) in [6.45, 7) is 7.46. The standard InChI is InChI=1S/C17H27N3O/c1-13(2)10-16(18)17(21)19-15-7-5-6-14(11-15)12-20-8-3-4-9-20/h5-7,11,13,16H,3-4,8-10,12,18H2,1-2H3,(H,19,21). The lowest BCUT2D eigenvalue weighted by Gasteiger charge is -2.17. The third kappa shape index (κ3) is 5.14. The minimum atomic E-state index is -0.438. The molecule has 1 heterocycles. The monoisotopic (exact) mass is 289 g/mol. The van der Waals surface area contributed by atoms with Crippen molar-refractivity contribution in [2.45, 2.75) is 45.7 Å². The molecular formula is C17H27N3O. The molecule has 0 bridgehead atoms. The van der Waals surface area contributed by atoms with Crippen LogP contribution in [0.3, 0.4) is 0 Å². The highest BCUT2D eigenvalue weighted by molar-refractivity contribution is 5.94. The van der Waals surface area contributed by atoms with Gasteiger partial charge in [-0.05, 0) is 56.0 Å². The number of hydrogen-bond acceptors (Lipinski definition) is 3. The number of likely N-dealkylation sites (tertiary alicyclic amines) is 1. The van der Waals surface area contributed by atoms with Gasteiger partial charge in [0.1, 0.15) is 0 Å². The largest absolute Gasteiger partial charge is 0.325 e. The number of nitrogens with one attached hydrogen (secondary N) is 1. The summed E-state index contributed by atoms with van der Waals surface area (Å²) in [5.41, 5.74) is 8.00. The lowest BCUT2D eigenvalue weighted by Crippen LogP contribution is -2.36. The maximum atomic E-state index is 12.1. The zero-order chi connectivity index (χ0) is 15.2. The highest BCUT2D eigenvalue weighted by Crippen LogP contribution is 2.16. The van der Waals surface area contributed by atoms with Crippen LogP contribution in [0.4, 0.5) is 5.69 Å². The van der Waals surface area contributed by atoms with E-state index in [1.807, 2.05) is 12.1 Å². The normalized spacial score (nSPS) is 17.1. The predicted octanol–water partition coefficient (Wildman–Crippen LogP) is 2.59. The minimum absolute atomic E-state index is 0.0953. The van der Waals surface area contributed by atoms with Gasteiger partial charge in [-0.1, -0.05) is 26.0 Å². The number of anilines is 1. The van der Waals surface area contributed by atoms with E-state index < -0.39 is 6.04 Å². The van der Waals surface area contributed by atoms with Gasteiger partial charge in [-0.2, -0.15) is 0 Å². The Morgan fingerprint density at radius 2 is 2.05 bits per heavy atom. The Morgan fingerprint density at radius 3 is 2.71 bits per heavy atom. The Balaban J connectivity index is 1.92. The smallest absolute Gasteiger partial charge is 0.241 e. The predicted molar refractivity (Wildman–Crippen MR) is 87.0 cm³/mol. The molecule has 1 aliphatic rings. The summed E-state index contributed by atoms with van der Waals surface area (Å²) in [5, 5.41) is 2.93. The van der Waals surface area contributed by atoms with Crippen LogP contribution in [-0.2, 0) is 11.3 Å². The molecule has 1 amide bonds. The van der Waals surface area contributed by atoms with Crippen LogP contribution in [0.25, 0.3) is 0 Å². The molecule has 1 saturated heterocycles. The first-order valence-corrected chi connectivity index (χ1v) is 7.92. The lowest BCUT2D eigenvalue weighted by molar-refractivity contribution is -0.117. The third-order valence-electron chi connectivity index (χ3n) is 3.86. The Hall–Kier alpha value is -1.39. The Kier molecular flexibility index (Phi) is 5.76. The minimum Gasteiger partial charge on any atom is -0.325 e. The van der Waals surface area contributed by atoms with Crippen molar-refractivity contribution in [3.05, 3.63) is 29.8 Å². The third-order valence-corrected chi connectivity index (χ3v) is 3.86. The van der Waals surface area contributed by atoms with E-state index in [1.54, 1.807) is 0 Å². The number of rotatable bonds is 6. The number of nitrogens with zero attached hydrogens (tertiary/aromatic N) is 1. The number of hydrogen-bond donors (Lipinski definition) is 2. The van der Waals surface area contributed by atoms with Gasteiger partial charge in [0.2, 0.25) is 5.91 Å². The summed E-state index contributed by atoms with van der Waals surface area (Å²) in [6.07, 6.45) is 3.29. The molecule has 2 rings (SSSR count). The van der Waals surface area contributed by atoms with E-state index >= 15 is 0 Å². The second kappa shape index (κ2) is 7.57. The molecule has 21 heavy (non-hydrogen) atoms. The maximum Gasteiger partial charge on any atom is 0.241 e. The van der Waals surface area contributed by atoms with E-state index in [4.69, 9.17) is 5.73 Å². The summed E-state index contributed by atoms with van der Waals surface area (Å²) in [7, 11) is 0. The van der Waals surface area contributed by atoms with Crippen molar-refractivity contribution >= 4 is 11.6 Å². The summed E-state index contributed by atoms with van der Waals surface area (Å²) < 4.78 is 0. The molecule has 116 valence electrons. The number of nitrogens with two attached hydrogens (primary N) is 1. The van der Waals surface area contributed by atoms with Gasteiger partial charge in [0.15, 0.2) is 0 Å². The Labute approximate surface area is 127 Å². The Morgan fingerprint density at radius 1 is 1.33 bits per heavy atom. The SMILES string of the molecule is CC(C)CC(N)C(=O)Nc1cccc(CN2CCCC2)c1. The van der Waals surface area contributed by atoms with Crippen LogP contribution in [0.1, 0.15) is 38.7 Å². The molecule has 3 N–H and O–H groups in total. The second-order valence-corrected chi connectivity index (χ2v) is 6.41. The molecule has 4 nitrogen and oxygen atoms in total. The molecular weight excluding hydrogens is 262 g/mol. The van der Waals surface area contributed by atoms with Crippen molar-refractivity contribution in [2.75, 3.05) is 18.4 Å². The number of carbonyl (C=O) groups is 1. The quantitative estimate of drug-likeness (QED) is 0.846. The fourth-order valence-corrected chi connectivity index (χ4v) is 2.80. The van der Waals surface area contributed by atoms with Gasteiger partial charge in [0.25, 0.3) is 0 Å². The summed E-state index contributed by atoms with van der Waals surface area (Å²) >= 11 is 0. The van der Waals surface area contributed by atoms with E-state index in [9.17, 15) is 4.79 Å². The zero-order valence-electron chi connectivity index (χ0n) is 13.1. The van der Waals surface area contributed by atoms with Crippen molar-refractivity contribution in [1.29, 1.82) is 0 Å². The molecule has 1 atom stereocenters. The molecule has 0 aromatic heterocycles. The van der Waals surface area contributed by atoms with E-state index in [1.165, 1.54) is 31.5 Å². The van der Waals surface area contributed by atoms with Gasteiger partial charge in [0, 0.05) is 12.2 Å². The van der Waals surface area contributed by atoms with Crippen LogP contribution < -0.4 is 11.1 Å². The first-order valence-electron chi connectivity index (χ1n) is 7.92. The molecule has 1 aromatic rings. The van der Waals surface area contributed by atoms with Crippen molar-refractivity contribution in [2.24, 2.45) is 11.7 Å². The van der Waals surface area contributed by atoms with Crippen LogP contribution in [0.15, 0.2) is 24.3 Å².